The van der Waals surface area contributed by atoms with Crippen LogP contribution in [0.3, 0.4) is 0 Å². The highest BCUT2D eigenvalue weighted by molar-refractivity contribution is 5.85. The van der Waals surface area contributed by atoms with Crippen LogP contribution in [0.25, 0.3) is 5.65 Å². The minimum Gasteiger partial charge on any atom is -0.351 e. The predicted octanol–water partition coefficient (Wildman–Crippen LogP) is 1.47. The Kier molecular flexibility index (Phi) is 8.46. The third kappa shape index (κ3) is 4.49. The number of halogens is 2. The number of aromatic nitrogens is 3. The molecule has 0 saturated heterocycles. The molecule has 2 unspecified atom stereocenters. The maximum atomic E-state index is 12.1. The number of nitrogens with one attached hydrogen (secondary N) is 2. The van der Waals surface area contributed by atoms with Gasteiger partial charge in [0.2, 0.25) is 5.91 Å². The fourth-order valence-corrected chi connectivity index (χ4v) is 2.42. The van der Waals surface area contributed by atoms with Gasteiger partial charge < -0.3 is 11.1 Å². The highest BCUT2D eigenvalue weighted by atomic mass is 35.5. The Bertz CT molecular complexity index is 756. The molecular formula is C15H25Cl2N5O2. The van der Waals surface area contributed by atoms with Crippen LogP contribution < -0.4 is 16.6 Å². The van der Waals surface area contributed by atoms with Crippen molar-refractivity contribution in [2.75, 3.05) is 0 Å². The number of hydrogen-bond donors (Lipinski definition) is 3. The first-order valence-electron chi connectivity index (χ1n) is 7.46. The monoisotopic (exact) mass is 377 g/mol. The van der Waals surface area contributed by atoms with Crippen LogP contribution in [-0.2, 0) is 11.3 Å². The summed E-state index contributed by atoms with van der Waals surface area (Å²) in [5.41, 5.74) is 8.82. The molecule has 2 aromatic rings. The Balaban J connectivity index is 0.00000264. The maximum absolute atomic E-state index is 12.1. The Hall–Kier alpha value is -1.57. The molecule has 1 amide bonds. The van der Waals surface area contributed by atoms with Crippen LogP contribution >= 0.6 is 24.8 Å². The van der Waals surface area contributed by atoms with E-state index in [1.54, 1.807) is 4.52 Å². The van der Waals surface area contributed by atoms with Crippen molar-refractivity contribution in [3.8, 4) is 0 Å². The average Bonchev–Trinajstić information content (AvgIpc) is 2.85. The van der Waals surface area contributed by atoms with Gasteiger partial charge in [0.25, 0.3) is 5.56 Å². The maximum Gasteiger partial charge on any atom is 0.266 e. The second-order valence-electron chi connectivity index (χ2n) is 5.70. The van der Waals surface area contributed by atoms with E-state index in [0.717, 1.165) is 23.4 Å². The number of nitrogens with two attached hydrogens (primary N) is 1. The van der Waals surface area contributed by atoms with Crippen LogP contribution in [-0.4, -0.2) is 26.5 Å². The molecule has 2 aromatic heterocycles. The van der Waals surface area contributed by atoms with Gasteiger partial charge >= 0.3 is 0 Å². The first kappa shape index (κ1) is 22.4. The van der Waals surface area contributed by atoms with Gasteiger partial charge in [0.15, 0.2) is 5.65 Å². The third-order valence-electron chi connectivity index (χ3n) is 4.20. The van der Waals surface area contributed by atoms with Crippen molar-refractivity contribution < 1.29 is 4.79 Å². The Labute approximate surface area is 153 Å². The van der Waals surface area contributed by atoms with Gasteiger partial charge in [-0.05, 0) is 19.8 Å². The van der Waals surface area contributed by atoms with E-state index in [4.69, 9.17) is 5.73 Å². The van der Waals surface area contributed by atoms with Crippen LogP contribution in [0.2, 0.25) is 0 Å². The minimum atomic E-state index is -0.520. The number of nitrogens with zero attached hydrogens (tertiary/aromatic N) is 2. The highest BCUT2D eigenvalue weighted by Crippen LogP contribution is 2.13. The van der Waals surface area contributed by atoms with E-state index in [1.165, 1.54) is 6.07 Å². The number of aromatic amines is 1. The van der Waals surface area contributed by atoms with E-state index in [0.29, 0.717) is 12.2 Å². The Morgan fingerprint density at radius 3 is 2.62 bits per heavy atom. The molecule has 2 rings (SSSR count). The molecule has 0 spiro atoms. The predicted molar refractivity (Wildman–Crippen MR) is 99.1 cm³/mol. The lowest BCUT2D eigenvalue weighted by Gasteiger charge is -2.18. The van der Waals surface area contributed by atoms with Gasteiger partial charge in [0.05, 0.1) is 6.04 Å². The van der Waals surface area contributed by atoms with Crippen LogP contribution in [0.15, 0.2) is 10.9 Å². The van der Waals surface area contributed by atoms with Crippen molar-refractivity contribution in [2.45, 2.75) is 46.7 Å². The van der Waals surface area contributed by atoms with E-state index in [2.05, 4.69) is 15.4 Å². The zero-order valence-electron chi connectivity index (χ0n) is 14.3. The van der Waals surface area contributed by atoms with E-state index in [1.807, 2.05) is 27.7 Å². The number of fused-ring (bicyclic) bond motifs is 1. The van der Waals surface area contributed by atoms with Crippen molar-refractivity contribution >= 4 is 36.4 Å². The number of rotatable bonds is 5. The fraction of sp³-hybridized carbons (Fsp3) is 0.533. The summed E-state index contributed by atoms with van der Waals surface area (Å²) in [5.74, 6) is -0.0437. The summed E-state index contributed by atoms with van der Waals surface area (Å²) in [5, 5.41) is 5.55. The summed E-state index contributed by atoms with van der Waals surface area (Å²) in [6, 6.07) is 0.926. The lowest BCUT2D eigenvalue weighted by Crippen LogP contribution is -2.44. The van der Waals surface area contributed by atoms with E-state index in [-0.39, 0.29) is 42.2 Å². The van der Waals surface area contributed by atoms with Crippen molar-refractivity contribution in [2.24, 2.45) is 11.7 Å². The summed E-state index contributed by atoms with van der Waals surface area (Å²) in [7, 11) is 0. The van der Waals surface area contributed by atoms with E-state index < -0.39 is 6.04 Å². The molecule has 24 heavy (non-hydrogen) atoms. The quantitative estimate of drug-likeness (QED) is 0.733. The molecule has 136 valence electrons. The number of H-pyrrole nitrogens is 1. The Morgan fingerprint density at radius 2 is 2.04 bits per heavy atom. The number of aryl methyl sites for hydroxylation is 2. The molecule has 2 atom stereocenters. The third-order valence-corrected chi connectivity index (χ3v) is 4.20. The summed E-state index contributed by atoms with van der Waals surface area (Å²) < 4.78 is 1.63. The minimum absolute atomic E-state index is 0. The summed E-state index contributed by atoms with van der Waals surface area (Å²) in [6.07, 6.45) is 0.852. The van der Waals surface area contributed by atoms with E-state index >= 15 is 0 Å². The van der Waals surface area contributed by atoms with Crippen LogP contribution in [0.5, 0.6) is 0 Å². The summed E-state index contributed by atoms with van der Waals surface area (Å²) in [4.78, 5) is 27.9. The van der Waals surface area contributed by atoms with Gasteiger partial charge in [-0.3, -0.25) is 14.7 Å². The molecule has 0 aliphatic rings. The lowest BCUT2D eigenvalue weighted by atomic mass is 9.99. The fourth-order valence-electron chi connectivity index (χ4n) is 2.42. The van der Waals surface area contributed by atoms with Crippen LogP contribution in [0.1, 0.15) is 37.2 Å². The zero-order valence-corrected chi connectivity index (χ0v) is 15.9. The number of amides is 1. The van der Waals surface area contributed by atoms with Crippen molar-refractivity contribution in [3.05, 3.63) is 33.4 Å². The largest absolute Gasteiger partial charge is 0.351 e. The molecule has 7 nitrogen and oxygen atoms in total. The first-order valence-corrected chi connectivity index (χ1v) is 7.46. The molecule has 9 heteroatoms. The molecule has 0 aromatic carbocycles. The molecule has 0 aliphatic carbocycles. The van der Waals surface area contributed by atoms with Crippen molar-refractivity contribution in [1.82, 2.24) is 19.9 Å². The molecule has 0 saturated carbocycles. The number of carbonyl (C=O) groups excluding carboxylic acids is 1. The SMILES string of the molecule is CCC(C)C(N)C(=O)NCc1c(C)nc2cc(=O)[nH]n2c1C.Cl.Cl. The van der Waals surface area contributed by atoms with Gasteiger partial charge in [0.1, 0.15) is 0 Å². The molecule has 0 bridgehead atoms. The first-order chi connectivity index (χ1) is 10.3. The second-order valence-corrected chi connectivity index (χ2v) is 5.70. The van der Waals surface area contributed by atoms with Crippen molar-refractivity contribution in [1.29, 1.82) is 0 Å². The van der Waals surface area contributed by atoms with Gasteiger partial charge in [-0.15, -0.1) is 24.8 Å². The number of carbonyl (C=O) groups is 1. The van der Waals surface area contributed by atoms with Crippen LogP contribution in [0, 0.1) is 19.8 Å². The van der Waals surface area contributed by atoms with E-state index in [9.17, 15) is 9.59 Å². The second kappa shape index (κ2) is 9.05. The Morgan fingerprint density at radius 1 is 1.42 bits per heavy atom. The van der Waals surface area contributed by atoms with Gasteiger partial charge in [-0.1, -0.05) is 20.3 Å². The number of hydrogen-bond acceptors (Lipinski definition) is 4. The van der Waals surface area contributed by atoms with Gasteiger partial charge in [-0.25, -0.2) is 9.50 Å². The van der Waals surface area contributed by atoms with Gasteiger partial charge in [-0.2, -0.15) is 0 Å². The normalized spacial score (nSPS) is 12.9. The molecule has 2 heterocycles. The molecule has 0 fully saturated rings. The molecule has 0 aliphatic heterocycles. The standard InChI is InChI=1S/C15H23N5O2.2ClH/c1-5-8(2)14(16)15(22)17-7-11-9(3)18-12-6-13(21)19-20(12)10(11)4;;/h6,8,14H,5,7,16H2,1-4H3,(H,17,22)(H,19,21);2*1H. The van der Waals surface area contributed by atoms with Crippen molar-refractivity contribution in [3.63, 3.8) is 0 Å². The summed E-state index contributed by atoms with van der Waals surface area (Å²) in [6.45, 7) is 8.04. The smallest absolute Gasteiger partial charge is 0.266 e. The molecule has 0 radical (unpaired) electrons. The van der Waals surface area contributed by atoms with Crippen LogP contribution in [0.4, 0.5) is 0 Å². The molecular weight excluding hydrogens is 353 g/mol. The zero-order chi connectivity index (χ0) is 16.4. The van der Waals surface area contributed by atoms with Gasteiger partial charge in [0, 0.05) is 29.6 Å². The topological polar surface area (TPSA) is 105 Å². The lowest BCUT2D eigenvalue weighted by molar-refractivity contribution is -0.123. The molecule has 4 N–H and O–H groups in total. The average molecular weight is 378 g/mol. The summed E-state index contributed by atoms with van der Waals surface area (Å²) >= 11 is 0. The highest BCUT2D eigenvalue weighted by Gasteiger charge is 2.20.